The zero-order chi connectivity index (χ0) is 70.3. The number of carbonyl (C=O) groups is 6. The van der Waals surface area contributed by atoms with E-state index in [1.807, 2.05) is 121 Å². The van der Waals surface area contributed by atoms with E-state index in [1.54, 1.807) is 72.8 Å². The third-order valence-corrected chi connectivity index (χ3v) is 16.7. The highest BCUT2D eigenvalue weighted by atomic mass is 16.8. The normalized spacial score (nSPS) is 24.8. The largest absolute Gasteiger partial charge is 0.459 e. The Hall–Kier alpha value is -9.82. The number of hydrogen-bond donors (Lipinski definition) is 0. The van der Waals surface area contributed by atoms with Crippen LogP contribution in [0.4, 0.5) is 0 Å². The van der Waals surface area contributed by atoms with Crippen LogP contribution in [0.15, 0.2) is 243 Å². The molecule has 0 unspecified atom stereocenters. The Morgan fingerprint density at radius 3 is 1.09 bits per heavy atom. The SMILES string of the molecule is CO[C@@H]1O[C@H](CO[C@@H]2O[C@@H](COC(=O)c3ccccc3)[C@H](OC(=O)c3ccccc3)[C@@H](OC(=O)c3ccccc3)[C@@H]2OC(=O)c2ccccc2)[C@@H](OC(C)=O)[C@H](O[C@@H]2O[C@@H](COCc3ccccc3)[C@H](OCc3ccccc3)[C@H](OCc3ccccc3)[C@@H]2OCc2ccccc2)[C@H]1OC(C)=O. The summed E-state index contributed by atoms with van der Waals surface area (Å²) in [6, 6.07) is 69.7. The topological polar surface area (TPSA) is 250 Å². The van der Waals surface area contributed by atoms with Crippen LogP contribution < -0.4 is 0 Å². The molecule has 0 amide bonds. The minimum atomic E-state index is -1.87. The van der Waals surface area contributed by atoms with Crippen LogP contribution in [0.5, 0.6) is 0 Å². The van der Waals surface area contributed by atoms with Gasteiger partial charge in [-0.1, -0.05) is 194 Å². The molecule has 101 heavy (non-hydrogen) atoms. The quantitative estimate of drug-likeness (QED) is 0.0300. The Balaban J connectivity index is 0.988. The van der Waals surface area contributed by atoms with Gasteiger partial charge < -0.3 is 75.8 Å². The fourth-order valence-corrected chi connectivity index (χ4v) is 11.9. The van der Waals surface area contributed by atoms with Gasteiger partial charge in [0.05, 0.1) is 61.9 Å². The van der Waals surface area contributed by atoms with Crippen molar-refractivity contribution < 1.29 is 105 Å². The van der Waals surface area contributed by atoms with Crippen LogP contribution in [0.2, 0.25) is 0 Å². The molecule has 15 atom stereocenters. The summed E-state index contributed by atoms with van der Waals surface area (Å²) in [5.41, 5.74) is 3.65. The second-order valence-corrected chi connectivity index (χ2v) is 23.9. The lowest BCUT2D eigenvalue weighted by molar-refractivity contribution is -0.373. The maximum Gasteiger partial charge on any atom is 0.338 e. The van der Waals surface area contributed by atoms with Gasteiger partial charge in [-0.05, 0) is 70.8 Å². The van der Waals surface area contributed by atoms with Crippen molar-refractivity contribution in [1.82, 2.24) is 0 Å². The van der Waals surface area contributed by atoms with E-state index < -0.39 is 141 Å². The second-order valence-electron chi connectivity index (χ2n) is 23.9. The fourth-order valence-electron chi connectivity index (χ4n) is 11.9. The van der Waals surface area contributed by atoms with Gasteiger partial charge in [0.1, 0.15) is 49.3 Å². The molecule has 0 radical (unpaired) electrons. The first-order valence-electron chi connectivity index (χ1n) is 33.0. The van der Waals surface area contributed by atoms with Crippen molar-refractivity contribution in [3.63, 3.8) is 0 Å². The maximum absolute atomic E-state index is 14.6. The van der Waals surface area contributed by atoms with Crippen LogP contribution in [0.3, 0.4) is 0 Å². The van der Waals surface area contributed by atoms with Crippen molar-refractivity contribution in [2.45, 2.75) is 132 Å². The van der Waals surface area contributed by atoms with Crippen LogP contribution >= 0.6 is 0 Å². The molecule has 22 heteroatoms. The van der Waals surface area contributed by atoms with Crippen molar-refractivity contribution in [3.8, 4) is 0 Å². The van der Waals surface area contributed by atoms with Gasteiger partial charge in [-0.15, -0.1) is 0 Å². The molecule has 22 nitrogen and oxygen atoms in total. The minimum absolute atomic E-state index is 0.00991. The lowest BCUT2D eigenvalue weighted by Gasteiger charge is -2.50. The highest BCUT2D eigenvalue weighted by Gasteiger charge is 2.58. The van der Waals surface area contributed by atoms with E-state index in [1.165, 1.54) is 62.6 Å². The Morgan fingerprint density at radius 2 is 0.634 bits per heavy atom. The Labute approximate surface area is 584 Å². The number of hydrogen-bond acceptors (Lipinski definition) is 22. The van der Waals surface area contributed by atoms with Crippen LogP contribution in [0.1, 0.15) is 77.5 Å². The summed E-state index contributed by atoms with van der Waals surface area (Å²) in [5, 5.41) is 0. The average Bonchev–Trinajstić information content (AvgIpc) is 0.780. The van der Waals surface area contributed by atoms with E-state index in [0.29, 0.717) is 0 Å². The molecular formula is C79H78O22. The van der Waals surface area contributed by atoms with Crippen LogP contribution in [-0.2, 0) is 112 Å². The van der Waals surface area contributed by atoms with E-state index in [4.69, 9.17) is 75.8 Å². The van der Waals surface area contributed by atoms with Gasteiger partial charge in [-0.3, -0.25) is 9.59 Å². The van der Waals surface area contributed by atoms with Crippen molar-refractivity contribution in [2.75, 3.05) is 26.9 Å². The van der Waals surface area contributed by atoms with Gasteiger partial charge in [-0.2, -0.15) is 0 Å². The summed E-state index contributed by atoms with van der Waals surface area (Å²) < 4.78 is 105. The van der Waals surface area contributed by atoms with Crippen LogP contribution in [0, 0.1) is 0 Å². The molecule has 526 valence electrons. The fraction of sp³-hybridized carbons (Fsp3) is 0.316. The zero-order valence-corrected chi connectivity index (χ0v) is 55.7. The Morgan fingerprint density at radius 1 is 0.297 bits per heavy atom. The van der Waals surface area contributed by atoms with Crippen molar-refractivity contribution in [1.29, 1.82) is 0 Å². The average molecular weight is 1380 g/mol. The highest BCUT2D eigenvalue weighted by Crippen LogP contribution is 2.38. The van der Waals surface area contributed by atoms with E-state index in [0.717, 1.165) is 29.2 Å². The van der Waals surface area contributed by atoms with E-state index in [2.05, 4.69) is 0 Å². The Kier molecular flexibility index (Phi) is 26.2. The minimum Gasteiger partial charge on any atom is -0.459 e. The molecule has 0 bridgehead atoms. The summed E-state index contributed by atoms with van der Waals surface area (Å²) in [4.78, 5) is 84.7. The molecule has 8 aromatic rings. The monoisotopic (exact) mass is 1380 g/mol. The molecule has 0 saturated carbocycles. The van der Waals surface area contributed by atoms with Gasteiger partial charge in [0.15, 0.2) is 49.4 Å². The van der Waals surface area contributed by atoms with E-state index in [9.17, 15) is 28.8 Å². The molecule has 3 fully saturated rings. The number of esters is 6. The lowest BCUT2D eigenvalue weighted by Crippen LogP contribution is -2.67. The van der Waals surface area contributed by atoms with Gasteiger partial charge >= 0.3 is 35.8 Å². The van der Waals surface area contributed by atoms with Gasteiger partial charge in [-0.25, -0.2) is 19.2 Å². The number of methoxy groups -OCH3 is 1. The first-order valence-corrected chi connectivity index (χ1v) is 33.0. The summed E-state index contributed by atoms with van der Waals surface area (Å²) in [7, 11) is 1.29. The van der Waals surface area contributed by atoms with Gasteiger partial charge in [0.25, 0.3) is 0 Å². The molecule has 0 aromatic heterocycles. The molecule has 0 spiro atoms. The molecule has 0 aliphatic carbocycles. The first kappa shape index (κ1) is 72.4. The van der Waals surface area contributed by atoms with E-state index >= 15 is 0 Å². The standard InChI is InChI=1S/C79H78O22/c1-51(80)93-65-63(50-92-78-72(100-76(85)60-42-26-11-27-43-60)68(99-75(84)59-40-24-10-25-41-59)66(98-74(83)58-38-22-9-23-39-58)62(96-78)49-91-73(82)57-36-20-8-21-37-57)95-77(86-3)71(94-52(2)81)69(65)101-79-70(90-47-56-34-18-7-19-35-56)67(89-46-55-32-16-6-17-33-55)64(88-45-54-30-14-5-15-31-54)61(97-79)48-87-44-53-28-12-4-13-29-53/h4-43,61-72,77-79H,44-50H2,1-3H3/t61-,62-,63+,64-,65+,66-,67-,68+,69-,70-,71+,72-,77+,78+,79-/m0/s1. The van der Waals surface area contributed by atoms with Gasteiger partial charge in [0.2, 0.25) is 0 Å². The van der Waals surface area contributed by atoms with Gasteiger partial charge in [0, 0.05) is 21.0 Å². The van der Waals surface area contributed by atoms with Crippen LogP contribution in [-0.4, -0.2) is 155 Å². The number of benzene rings is 8. The number of ether oxygens (including phenoxy) is 16. The second kappa shape index (κ2) is 36.5. The molecule has 3 heterocycles. The molecule has 0 N–H and O–H groups in total. The molecular weight excluding hydrogens is 1300 g/mol. The molecule has 11 rings (SSSR count). The first-order chi connectivity index (χ1) is 49.3. The number of rotatable bonds is 30. The zero-order valence-electron chi connectivity index (χ0n) is 55.7. The summed E-state index contributed by atoms with van der Waals surface area (Å²) in [6.07, 6.45) is -22.5. The van der Waals surface area contributed by atoms with E-state index in [-0.39, 0.29) is 55.3 Å². The predicted molar refractivity (Wildman–Crippen MR) is 360 cm³/mol. The number of carbonyl (C=O) groups excluding carboxylic acids is 6. The molecule has 3 aliphatic heterocycles. The van der Waals surface area contributed by atoms with Crippen LogP contribution in [0.25, 0.3) is 0 Å². The third-order valence-electron chi connectivity index (χ3n) is 16.7. The molecule has 3 aliphatic rings. The summed E-state index contributed by atoms with van der Waals surface area (Å²) in [5.74, 6) is -5.31. The van der Waals surface area contributed by atoms with Crippen molar-refractivity contribution >= 4 is 35.8 Å². The predicted octanol–water partition coefficient (Wildman–Crippen LogP) is 10.6. The van der Waals surface area contributed by atoms with Crippen molar-refractivity contribution in [3.05, 3.63) is 287 Å². The molecule has 3 saturated heterocycles. The summed E-state index contributed by atoms with van der Waals surface area (Å²) in [6.45, 7) is 1.18. The lowest BCUT2D eigenvalue weighted by atomic mass is 9.95. The van der Waals surface area contributed by atoms with Crippen molar-refractivity contribution in [2.24, 2.45) is 0 Å². The summed E-state index contributed by atoms with van der Waals surface area (Å²) >= 11 is 0. The third kappa shape index (κ3) is 20.0. The Bertz CT molecular complexity index is 3880. The highest BCUT2D eigenvalue weighted by molar-refractivity contribution is 5.91. The maximum atomic E-state index is 14.6. The molecule has 8 aromatic carbocycles. The smallest absolute Gasteiger partial charge is 0.338 e.